The second-order valence-corrected chi connectivity index (χ2v) is 9.10. The Labute approximate surface area is 183 Å². The summed E-state index contributed by atoms with van der Waals surface area (Å²) in [6, 6.07) is 18.9. The maximum Gasteiger partial charge on any atom is 0.261 e. The first-order valence-corrected chi connectivity index (χ1v) is 11.3. The first-order chi connectivity index (χ1) is 14.7. The molecule has 6 nitrogen and oxygen atoms in total. The van der Waals surface area contributed by atoms with Gasteiger partial charge >= 0.3 is 0 Å². The first-order valence-electron chi connectivity index (χ1n) is 9.79. The molecule has 31 heavy (non-hydrogen) atoms. The van der Waals surface area contributed by atoms with E-state index >= 15 is 0 Å². The first kappa shape index (κ1) is 22.4. The number of sulfonamides is 1. The van der Waals surface area contributed by atoms with Crippen molar-refractivity contribution in [3.63, 3.8) is 0 Å². The van der Waals surface area contributed by atoms with E-state index in [0.29, 0.717) is 23.5 Å². The third-order valence-electron chi connectivity index (χ3n) is 4.99. The van der Waals surface area contributed by atoms with Crippen molar-refractivity contribution in [3.8, 4) is 5.75 Å². The minimum absolute atomic E-state index is 0.0929. The van der Waals surface area contributed by atoms with Crippen LogP contribution in [0.4, 0.5) is 5.69 Å². The van der Waals surface area contributed by atoms with Crippen molar-refractivity contribution in [1.82, 2.24) is 4.90 Å². The highest BCUT2D eigenvalue weighted by Crippen LogP contribution is 2.23. The number of methoxy groups -OCH3 is 1. The predicted molar refractivity (Wildman–Crippen MR) is 122 cm³/mol. The number of ether oxygens (including phenoxy) is 1. The fourth-order valence-corrected chi connectivity index (χ4v) is 4.38. The van der Waals surface area contributed by atoms with Crippen LogP contribution in [0, 0.1) is 13.8 Å². The van der Waals surface area contributed by atoms with Crippen molar-refractivity contribution in [2.75, 3.05) is 18.9 Å². The van der Waals surface area contributed by atoms with E-state index in [1.54, 1.807) is 31.2 Å². The average molecular weight is 439 g/mol. The van der Waals surface area contributed by atoms with E-state index in [0.717, 1.165) is 16.7 Å². The molecular formula is C24H26N2O4S. The highest BCUT2D eigenvalue weighted by atomic mass is 32.2. The standard InChI is InChI=1S/C24H26N2O4S/c1-17-9-14-23(30-4)20(15-17)16-26(3)24(27)19-10-12-21(13-11-19)31(28,29)25-22-8-6-5-7-18(22)2/h5-15,25H,16H2,1-4H3. The summed E-state index contributed by atoms with van der Waals surface area (Å²) in [7, 11) is -0.452. The van der Waals surface area contributed by atoms with Crippen LogP contribution in [0.2, 0.25) is 0 Å². The van der Waals surface area contributed by atoms with Gasteiger partial charge in [-0.1, -0.05) is 35.9 Å². The second-order valence-electron chi connectivity index (χ2n) is 7.42. The van der Waals surface area contributed by atoms with E-state index in [9.17, 15) is 13.2 Å². The number of para-hydroxylation sites is 1. The lowest BCUT2D eigenvalue weighted by Gasteiger charge is -2.19. The monoisotopic (exact) mass is 438 g/mol. The Morgan fingerprint density at radius 1 is 1.00 bits per heavy atom. The lowest BCUT2D eigenvalue weighted by Crippen LogP contribution is -2.26. The van der Waals surface area contributed by atoms with Crippen LogP contribution in [-0.4, -0.2) is 33.4 Å². The van der Waals surface area contributed by atoms with Gasteiger partial charge in [0.15, 0.2) is 0 Å². The number of benzene rings is 3. The third kappa shape index (κ3) is 5.24. The number of nitrogens with zero attached hydrogens (tertiary/aromatic N) is 1. The molecule has 1 N–H and O–H groups in total. The van der Waals surface area contributed by atoms with Crippen LogP contribution in [0.15, 0.2) is 71.6 Å². The molecular weight excluding hydrogens is 412 g/mol. The van der Waals surface area contributed by atoms with Gasteiger partial charge in [-0.05, 0) is 55.8 Å². The number of hydrogen-bond donors (Lipinski definition) is 1. The highest BCUT2D eigenvalue weighted by Gasteiger charge is 2.18. The molecule has 3 aromatic rings. The van der Waals surface area contributed by atoms with Crippen LogP contribution in [0.25, 0.3) is 0 Å². The van der Waals surface area contributed by atoms with Gasteiger partial charge in [0.25, 0.3) is 15.9 Å². The van der Waals surface area contributed by atoms with Crippen molar-refractivity contribution in [3.05, 3.63) is 89.0 Å². The van der Waals surface area contributed by atoms with Gasteiger partial charge in [-0.2, -0.15) is 0 Å². The summed E-state index contributed by atoms with van der Waals surface area (Å²) in [6.07, 6.45) is 0. The van der Waals surface area contributed by atoms with E-state index in [4.69, 9.17) is 4.74 Å². The third-order valence-corrected chi connectivity index (χ3v) is 6.37. The number of rotatable bonds is 7. The molecule has 0 saturated carbocycles. The SMILES string of the molecule is COc1ccc(C)cc1CN(C)C(=O)c1ccc(S(=O)(=O)Nc2ccccc2C)cc1. The van der Waals surface area contributed by atoms with Gasteiger partial charge in [-0.3, -0.25) is 9.52 Å². The summed E-state index contributed by atoms with van der Waals surface area (Å²) < 4.78 is 33.4. The fourth-order valence-electron chi connectivity index (χ4n) is 3.25. The minimum Gasteiger partial charge on any atom is -0.496 e. The summed E-state index contributed by atoms with van der Waals surface area (Å²) in [5, 5.41) is 0. The number of carbonyl (C=O) groups excluding carboxylic acids is 1. The molecule has 0 aromatic heterocycles. The lowest BCUT2D eigenvalue weighted by atomic mass is 10.1. The van der Waals surface area contributed by atoms with Crippen molar-refractivity contribution < 1.29 is 17.9 Å². The van der Waals surface area contributed by atoms with Gasteiger partial charge in [0.05, 0.1) is 17.7 Å². The Morgan fingerprint density at radius 3 is 2.32 bits per heavy atom. The number of hydrogen-bond acceptors (Lipinski definition) is 4. The number of nitrogens with one attached hydrogen (secondary N) is 1. The summed E-state index contributed by atoms with van der Waals surface area (Å²) in [4.78, 5) is 14.5. The van der Waals surface area contributed by atoms with Crippen molar-refractivity contribution in [1.29, 1.82) is 0 Å². The highest BCUT2D eigenvalue weighted by molar-refractivity contribution is 7.92. The van der Waals surface area contributed by atoms with Gasteiger partial charge in [-0.25, -0.2) is 8.42 Å². The topological polar surface area (TPSA) is 75.7 Å². The zero-order chi connectivity index (χ0) is 22.6. The molecule has 0 heterocycles. The molecule has 7 heteroatoms. The molecule has 0 unspecified atom stereocenters. The summed E-state index contributed by atoms with van der Waals surface area (Å²) in [5.74, 6) is 0.508. The molecule has 0 fully saturated rings. The minimum atomic E-state index is -3.75. The quantitative estimate of drug-likeness (QED) is 0.594. The molecule has 0 aliphatic rings. The van der Waals surface area contributed by atoms with Crippen LogP contribution in [0.1, 0.15) is 27.0 Å². The Bertz CT molecular complexity index is 1190. The number of aryl methyl sites for hydroxylation is 2. The van der Waals surface area contributed by atoms with Crippen LogP contribution < -0.4 is 9.46 Å². The smallest absolute Gasteiger partial charge is 0.261 e. The van der Waals surface area contributed by atoms with E-state index in [1.165, 1.54) is 24.3 Å². The molecule has 162 valence electrons. The maximum atomic E-state index is 12.9. The Morgan fingerprint density at radius 2 is 1.68 bits per heavy atom. The van der Waals surface area contributed by atoms with E-state index in [-0.39, 0.29) is 10.8 Å². The number of amides is 1. The Kier molecular flexibility index (Phi) is 6.65. The molecule has 3 aromatic carbocycles. The molecule has 0 spiro atoms. The van der Waals surface area contributed by atoms with E-state index in [1.807, 2.05) is 44.2 Å². The van der Waals surface area contributed by atoms with E-state index in [2.05, 4.69) is 4.72 Å². The Hall–Kier alpha value is -3.32. The molecule has 0 radical (unpaired) electrons. The zero-order valence-electron chi connectivity index (χ0n) is 18.0. The zero-order valence-corrected chi connectivity index (χ0v) is 18.9. The van der Waals surface area contributed by atoms with Gasteiger partial charge in [0.1, 0.15) is 5.75 Å². The number of carbonyl (C=O) groups is 1. The van der Waals surface area contributed by atoms with Crippen molar-refractivity contribution in [2.24, 2.45) is 0 Å². The van der Waals surface area contributed by atoms with Gasteiger partial charge < -0.3 is 9.64 Å². The van der Waals surface area contributed by atoms with E-state index < -0.39 is 10.0 Å². The van der Waals surface area contributed by atoms with Crippen LogP contribution >= 0.6 is 0 Å². The normalized spacial score (nSPS) is 11.1. The maximum absolute atomic E-state index is 12.9. The summed E-state index contributed by atoms with van der Waals surface area (Å²) in [5.41, 5.74) is 3.73. The fraction of sp³-hybridized carbons (Fsp3) is 0.208. The van der Waals surface area contributed by atoms with Gasteiger partial charge in [0.2, 0.25) is 0 Å². The molecule has 0 bridgehead atoms. The summed E-state index contributed by atoms with van der Waals surface area (Å²) in [6.45, 7) is 4.19. The molecule has 0 aliphatic heterocycles. The van der Waals surface area contributed by atoms with Gasteiger partial charge in [-0.15, -0.1) is 0 Å². The van der Waals surface area contributed by atoms with Crippen LogP contribution in [0.5, 0.6) is 5.75 Å². The Balaban J connectivity index is 1.75. The van der Waals surface area contributed by atoms with Gasteiger partial charge in [0, 0.05) is 24.7 Å². The molecule has 3 rings (SSSR count). The second kappa shape index (κ2) is 9.22. The molecule has 0 saturated heterocycles. The molecule has 1 amide bonds. The van der Waals surface area contributed by atoms with Crippen LogP contribution in [0.3, 0.4) is 0 Å². The van der Waals surface area contributed by atoms with Crippen molar-refractivity contribution in [2.45, 2.75) is 25.3 Å². The molecule has 0 aliphatic carbocycles. The predicted octanol–water partition coefficient (Wildman–Crippen LogP) is 4.39. The summed E-state index contributed by atoms with van der Waals surface area (Å²) >= 11 is 0. The largest absolute Gasteiger partial charge is 0.496 e. The van der Waals surface area contributed by atoms with Crippen molar-refractivity contribution >= 4 is 21.6 Å². The molecule has 0 atom stereocenters. The number of anilines is 1. The van der Waals surface area contributed by atoms with Crippen LogP contribution in [-0.2, 0) is 16.6 Å². The average Bonchev–Trinajstić information content (AvgIpc) is 2.75. The lowest BCUT2D eigenvalue weighted by molar-refractivity contribution is 0.0784.